The lowest BCUT2D eigenvalue weighted by molar-refractivity contribution is -0.158. The Labute approximate surface area is 108 Å². The Morgan fingerprint density at radius 1 is 1.06 bits per heavy atom. The molecule has 0 aromatic heterocycles. The fourth-order valence-corrected chi connectivity index (χ4v) is 3.34. The van der Waals surface area contributed by atoms with Gasteiger partial charge in [-0.2, -0.15) is 0 Å². The predicted molar refractivity (Wildman–Crippen MR) is 67.9 cm³/mol. The highest BCUT2D eigenvalue weighted by molar-refractivity contribution is 5.95. The topological polar surface area (TPSA) is 40.6 Å². The van der Waals surface area contributed by atoms with Gasteiger partial charge in [0.15, 0.2) is 0 Å². The number of carbonyl (C=O) groups is 2. The summed E-state index contributed by atoms with van der Waals surface area (Å²) in [6.45, 7) is 1.90. The van der Waals surface area contributed by atoms with Gasteiger partial charge in [-0.1, -0.05) is 19.3 Å². The third kappa shape index (κ3) is 2.13. The third-order valence-corrected chi connectivity index (χ3v) is 4.78. The molecule has 3 rings (SSSR count). The van der Waals surface area contributed by atoms with Gasteiger partial charge in [-0.25, -0.2) is 0 Å². The Kier molecular flexibility index (Phi) is 3.27. The molecule has 2 aliphatic heterocycles. The van der Waals surface area contributed by atoms with E-state index in [9.17, 15) is 9.59 Å². The first-order chi connectivity index (χ1) is 8.75. The summed E-state index contributed by atoms with van der Waals surface area (Å²) in [6.07, 6.45) is 8.05. The molecule has 0 aromatic rings. The van der Waals surface area contributed by atoms with Crippen LogP contribution < -0.4 is 0 Å². The Morgan fingerprint density at radius 3 is 2.61 bits per heavy atom. The second kappa shape index (κ2) is 4.90. The lowest BCUT2D eigenvalue weighted by atomic mass is 9.83. The average Bonchev–Trinajstić information content (AvgIpc) is 2.33. The maximum Gasteiger partial charge on any atom is 0.245 e. The Bertz CT molecular complexity index is 352. The largest absolute Gasteiger partial charge is 0.332 e. The molecule has 1 aliphatic carbocycles. The second-order valence-corrected chi connectivity index (χ2v) is 5.94. The van der Waals surface area contributed by atoms with E-state index in [-0.39, 0.29) is 17.9 Å². The SMILES string of the molecule is O=C1C2CCCCN2C(=O)CN1CCC1CCC1. The first-order valence-corrected chi connectivity index (χ1v) is 7.34. The first kappa shape index (κ1) is 12.0. The zero-order chi connectivity index (χ0) is 12.5. The minimum absolute atomic E-state index is 0.138. The van der Waals surface area contributed by atoms with Crippen molar-refractivity contribution in [3.05, 3.63) is 0 Å². The molecular weight excluding hydrogens is 228 g/mol. The highest BCUT2D eigenvalue weighted by atomic mass is 16.2. The normalized spacial score (nSPS) is 29.2. The molecule has 1 atom stereocenters. The minimum atomic E-state index is -0.138. The van der Waals surface area contributed by atoms with Crippen LogP contribution in [0.2, 0.25) is 0 Å². The van der Waals surface area contributed by atoms with Crippen molar-refractivity contribution in [2.24, 2.45) is 5.92 Å². The number of rotatable bonds is 3. The van der Waals surface area contributed by atoms with E-state index in [4.69, 9.17) is 0 Å². The molecule has 100 valence electrons. The van der Waals surface area contributed by atoms with Gasteiger partial charge < -0.3 is 9.80 Å². The Balaban J connectivity index is 1.60. The molecule has 1 unspecified atom stereocenters. The van der Waals surface area contributed by atoms with Gasteiger partial charge in [-0.3, -0.25) is 9.59 Å². The minimum Gasteiger partial charge on any atom is -0.332 e. The summed E-state index contributed by atoms with van der Waals surface area (Å²) in [5, 5.41) is 0. The van der Waals surface area contributed by atoms with Gasteiger partial charge in [-0.05, 0) is 31.6 Å². The molecule has 0 radical (unpaired) electrons. The van der Waals surface area contributed by atoms with Crippen molar-refractivity contribution < 1.29 is 9.59 Å². The molecule has 18 heavy (non-hydrogen) atoms. The van der Waals surface area contributed by atoms with Crippen molar-refractivity contribution >= 4 is 11.8 Å². The van der Waals surface area contributed by atoms with Crippen LogP contribution in [-0.2, 0) is 9.59 Å². The fourth-order valence-electron chi connectivity index (χ4n) is 3.34. The van der Waals surface area contributed by atoms with Gasteiger partial charge in [0.2, 0.25) is 11.8 Å². The van der Waals surface area contributed by atoms with Gasteiger partial charge in [0.1, 0.15) is 6.04 Å². The molecule has 3 aliphatic rings. The summed E-state index contributed by atoms with van der Waals surface area (Å²) in [4.78, 5) is 28.0. The van der Waals surface area contributed by atoms with Crippen molar-refractivity contribution in [1.82, 2.24) is 9.80 Å². The predicted octanol–water partition coefficient (Wildman–Crippen LogP) is 1.40. The van der Waals surface area contributed by atoms with Crippen molar-refractivity contribution in [2.45, 2.75) is 51.0 Å². The van der Waals surface area contributed by atoms with Gasteiger partial charge >= 0.3 is 0 Å². The molecule has 4 heteroatoms. The quantitative estimate of drug-likeness (QED) is 0.759. The molecule has 2 amide bonds. The van der Waals surface area contributed by atoms with E-state index in [1.807, 2.05) is 9.80 Å². The number of hydrogen-bond donors (Lipinski definition) is 0. The fraction of sp³-hybridized carbons (Fsp3) is 0.857. The van der Waals surface area contributed by atoms with Crippen molar-refractivity contribution in [1.29, 1.82) is 0 Å². The van der Waals surface area contributed by atoms with Crippen molar-refractivity contribution in [2.75, 3.05) is 19.6 Å². The molecular formula is C14H22N2O2. The van der Waals surface area contributed by atoms with Crippen LogP contribution in [-0.4, -0.2) is 47.3 Å². The molecule has 1 saturated carbocycles. The van der Waals surface area contributed by atoms with E-state index in [1.54, 1.807) is 0 Å². The maximum absolute atomic E-state index is 12.4. The summed E-state index contributed by atoms with van der Waals surface area (Å²) in [5.41, 5.74) is 0. The number of hydrogen-bond acceptors (Lipinski definition) is 2. The average molecular weight is 250 g/mol. The van der Waals surface area contributed by atoms with Gasteiger partial charge in [0.25, 0.3) is 0 Å². The summed E-state index contributed by atoms with van der Waals surface area (Å²) in [6, 6.07) is -0.138. The van der Waals surface area contributed by atoms with Crippen LogP contribution >= 0.6 is 0 Å². The van der Waals surface area contributed by atoms with E-state index in [2.05, 4.69) is 0 Å². The molecule has 3 fully saturated rings. The zero-order valence-electron chi connectivity index (χ0n) is 10.9. The lowest BCUT2D eigenvalue weighted by Crippen LogP contribution is -2.61. The number of amides is 2. The van der Waals surface area contributed by atoms with Gasteiger partial charge in [0.05, 0.1) is 6.54 Å². The molecule has 0 spiro atoms. The number of carbonyl (C=O) groups excluding carboxylic acids is 2. The van der Waals surface area contributed by atoms with Crippen LogP contribution in [0.25, 0.3) is 0 Å². The molecule has 2 saturated heterocycles. The summed E-state index contributed by atoms with van der Waals surface area (Å²) < 4.78 is 0. The van der Waals surface area contributed by atoms with Crippen molar-refractivity contribution in [3.63, 3.8) is 0 Å². The molecule has 0 N–H and O–H groups in total. The van der Waals surface area contributed by atoms with E-state index in [1.165, 1.54) is 19.3 Å². The van der Waals surface area contributed by atoms with E-state index < -0.39 is 0 Å². The highest BCUT2D eigenvalue weighted by Gasteiger charge is 2.40. The smallest absolute Gasteiger partial charge is 0.245 e. The van der Waals surface area contributed by atoms with Gasteiger partial charge in [-0.15, -0.1) is 0 Å². The standard InChI is InChI=1S/C14H22N2O2/c17-13-10-15(9-7-11-4-3-5-11)14(18)12-6-1-2-8-16(12)13/h11-12H,1-10H2. The van der Waals surface area contributed by atoms with E-state index in [0.717, 1.165) is 44.7 Å². The van der Waals surface area contributed by atoms with Crippen LogP contribution in [0.4, 0.5) is 0 Å². The number of nitrogens with zero attached hydrogens (tertiary/aromatic N) is 2. The maximum atomic E-state index is 12.4. The summed E-state index contributed by atoms with van der Waals surface area (Å²) >= 11 is 0. The Morgan fingerprint density at radius 2 is 1.89 bits per heavy atom. The highest BCUT2D eigenvalue weighted by Crippen LogP contribution is 2.30. The molecule has 0 bridgehead atoms. The summed E-state index contributed by atoms with van der Waals surface area (Å²) in [5.74, 6) is 1.17. The first-order valence-electron chi connectivity index (χ1n) is 7.34. The molecule has 2 heterocycles. The van der Waals surface area contributed by atoms with Crippen molar-refractivity contribution in [3.8, 4) is 0 Å². The monoisotopic (exact) mass is 250 g/mol. The third-order valence-electron chi connectivity index (χ3n) is 4.78. The molecule has 4 nitrogen and oxygen atoms in total. The van der Waals surface area contributed by atoms with E-state index >= 15 is 0 Å². The second-order valence-electron chi connectivity index (χ2n) is 5.94. The number of piperidine rings is 1. The van der Waals surface area contributed by atoms with Crippen LogP contribution in [0, 0.1) is 5.92 Å². The van der Waals surface area contributed by atoms with Crippen LogP contribution in [0.15, 0.2) is 0 Å². The number of piperazine rings is 1. The van der Waals surface area contributed by atoms with E-state index in [0.29, 0.717) is 6.54 Å². The zero-order valence-corrected chi connectivity index (χ0v) is 10.9. The summed E-state index contributed by atoms with van der Waals surface area (Å²) in [7, 11) is 0. The van der Waals surface area contributed by atoms with Crippen LogP contribution in [0.3, 0.4) is 0 Å². The Hall–Kier alpha value is -1.06. The van der Waals surface area contributed by atoms with Gasteiger partial charge in [0, 0.05) is 13.1 Å². The van der Waals surface area contributed by atoms with Crippen LogP contribution in [0.5, 0.6) is 0 Å². The molecule has 0 aromatic carbocycles. The number of fused-ring (bicyclic) bond motifs is 1. The van der Waals surface area contributed by atoms with Crippen LogP contribution in [0.1, 0.15) is 44.9 Å². The lowest BCUT2D eigenvalue weighted by Gasteiger charge is -2.43.